The first kappa shape index (κ1) is 21.8. The van der Waals surface area contributed by atoms with Crippen LogP contribution < -0.4 is 0 Å². The van der Waals surface area contributed by atoms with Crippen molar-refractivity contribution in [1.29, 1.82) is 0 Å². The zero-order chi connectivity index (χ0) is 20.8. The zero-order valence-corrected chi connectivity index (χ0v) is 16.9. The summed E-state index contributed by atoms with van der Waals surface area (Å²) in [4.78, 5) is 12.0. The molecule has 2 atom stereocenters. The number of carbonyl (C=O) groups is 1. The van der Waals surface area contributed by atoms with Crippen LogP contribution >= 0.6 is 0 Å². The molecule has 0 saturated heterocycles. The number of halogens is 4. The molecule has 2 unspecified atom stereocenters. The molecule has 0 aromatic rings. The molecule has 4 nitrogen and oxygen atoms in total. The Morgan fingerprint density at radius 2 is 1.68 bits per heavy atom. The number of rotatable bonds is 9. The van der Waals surface area contributed by atoms with Gasteiger partial charge in [-0.3, -0.25) is 4.79 Å². The van der Waals surface area contributed by atoms with Crippen LogP contribution in [0.1, 0.15) is 64.2 Å². The highest BCUT2D eigenvalue weighted by molar-refractivity contribution is 7.91. The molecule has 0 amide bonds. The van der Waals surface area contributed by atoms with Gasteiger partial charge in [0.1, 0.15) is 0 Å². The van der Waals surface area contributed by atoms with Crippen molar-refractivity contribution in [2.24, 2.45) is 23.2 Å². The third-order valence-corrected chi connectivity index (χ3v) is 7.95. The highest BCUT2D eigenvalue weighted by Crippen LogP contribution is 2.64. The van der Waals surface area contributed by atoms with Crippen LogP contribution in [0.4, 0.5) is 17.6 Å². The van der Waals surface area contributed by atoms with E-state index in [0.29, 0.717) is 23.7 Å². The molecule has 0 radical (unpaired) electrons. The summed E-state index contributed by atoms with van der Waals surface area (Å²) in [5.41, 5.74) is 0.438. The fourth-order valence-corrected chi connectivity index (χ4v) is 6.41. The van der Waals surface area contributed by atoms with E-state index in [1.54, 1.807) is 0 Å². The molecule has 0 heterocycles. The van der Waals surface area contributed by atoms with Crippen LogP contribution in [0.25, 0.3) is 0 Å². The summed E-state index contributed by atoms with van der Waals surface area (Å²) in [6.07, 6.45) is 5.96. The molecular formula is C19H28F4O4S. The fourth-order valence-electron chi connectivity index (χ4n) is 5.76. The molecule has 4 aliphatic rings. The van der Waals surface area contributed by atoms with E-state index in [2.05, 4.69) is 0 Å². The average molecular weight is 428 g/mol. The molecule has 4 rings (SSSR count). The van der Waals surface area contributed by atoms with Gasteiger partial charge in [-0.2, -0.15) is 17.6 Å². The van der Waals surface area contributed by atoms with Crippen LogP contribution in [0.15, 0.2) is 0 Å². The summed E-state index contributed by atoms with van der Waals surface area (Å²) in [5.74, 6) is -3.13. The van der Waals surface area contributed by atoms with Gasteiger partial charge in [-0.15, -0.1) is 0 Å². The van der Waals surface area contributed by atoms with E-state index in [-0.39, 0.29) is 31.7 Å². The number of hydrogen-bond donors (Lipinski definition) is 0. The maximum atomic E-state index is 13.5. The van der Waals surface area contributed by atoms with Crippen LogP contribution in [0.5, 0.6) is 0 Å². The average Bonchev–Trinajstić information content (AvgIpc) is 2.51. The van der Waals surface area contributed by atoms with Crippen LogP contribution in [0, 0.1) is 23.2 Å². The largest absolute Gasteiger partial charge is 0.466 e. The van der Waals surface area contributed by atoms with Gasteiger partial charge in [-0.1, -0.05) is 0 Å². The minimum atomic E-state index is -5.21. The van der Waals surface area contributed by atoms with E-state index < -0.39 is 27.4 Å². The summed E-state index contributed by atoms with van der Waals surface area (Å²) in [7, 11) is -5.21. The SMILES string of the molecule is CS(=O)(=O)C(F)(F)C(F)(F)CCCCOC(=O)CC1CC2CC3CC(C1)(C2)C3. The second-order valence-corrected chi connectivity index (χ2v) is 11.3. The predicted molar refractivity (Wildman–Crippen MR) is 94.8 cm³/mol. The maximum absolute atomic E-state index is 13.5. The Bertz CT molecular complexity index is 698. The van der Waals surface area contributed by atoms with Gasteiger partial charge in [0.15, 0.2) is 0 Å². The molecule has 0 aromatic heterocycles. The first-order valence-corrected chi connectivity index (χ1v) is 11.8. The van der Waals surface area contributed by atoms with Gasteiger partial charge in [-0.05, 0) is 74.5 Å². The molecule has 0 aromatic carbocycles. The van der Waals surface area contributed by atoms with E-state index in [4.69, 9.17) is 4.74 Å². The summed E-state index contributed by atoms with van der Waals surface area (Å²) in [5, 5.41) is -5.10. The Morgan fingerprint density at radius 3 is 2.29 bits per heavy atom. The van der Waals surface area contributed by atoms with Crippen molar-refractivity contribution in [2.45, 2.75) is 75.4 Å². The minimum Gasteiger partial charge on any atom is -0.466 e. The number of esters is 1. The standard InChI is InChI=1S/C19H28F4O4S/c1-28(25,26)19(22,23)18(20,21)4-2-3-5-27-16(24)8-14-6-13-7-15-11-17(9-13,10-14)12-15/h13-15H,2-12H2,1H3. The molecular weight excluding hydrogens is 400 g/mol. The lowest BCUT2D eigenvalue weighted by Crippen LogP contribution is -2.49. The number of sulfone groups is 1. The van der Waals surface area contributed by atoms with E-state index >= 15 is 0 Å². The Balaban J connectivity index is 1.35. The van der Waals surface area contributed by atoms with Gasteiger partial charge in [0.2, 0.25) is 9.84 Å². The van der Waals surface area contributed by atoms with Crippen LogP contribution in [0.3, 0.4) is 0 Å². The molecule has 162 valence electrons. The first-order chi connectivity index (χ1) is 12.8. The number of alkyl halides is 4. The predicted octanol–water partition coefficient (Wildman–Crippen LogP) is 4.58. The Morgan fingerprint density at radius 1 is 1.04 bits per heavy atom. The van der Waals surface area contributed by atoms with Gasteiger partial charge < -0.3 is 4.74 Å². The first-order valence-electron chi connectivity index (χ1n) is 9.94. The Labute approximate surface area is 163 Å². The smallest absolute Gasteiger partial charge is 0.406 e. The highest BCUT2D eigenvalue weighted by Gasteiger charge is 2.63. The topological polar surface area (TPSA) is 60.4 Å². The molecule has 28 heavy (non-hydrogen) atoms. The van der Waals surface area contributed by atoms with Gasteiger partial charge in [0, 0.05) is 19.1 Å². The molecule has 4 fully saturated rings. The van der Waals surface area contributed by atoms with Gasteiger partial charge in [0.25, 0.3) is 0 Å². The van der Waals surface area contributed by atoms with Crippen molar-refractivity contribution < 1.29 is 35.5 Å². The quantitative estimate of drug-likeness (QED) is 0.306. The number of unbranched alkanes of at least 4 members (excludes halogenated alkanes) is 1. The van der Waals surface area contributed by atoms with Gasteiger partial charge in [-0.25, -0.2) is 8.42 Å². The lowest BCUT2D eigenvalue weighted by Gasteiger charge is -2.60. The van der Waals surface area contributed by atoms with Crippen molar-refractivity contribution in [2.75, 3.05) is 12.9 Å². The Kier molecular flexibility index (Phi) is 5.80. The van der Waals surface area contributed by atoms with E-state index in [9.17, 15) is 30.8 Å². The number of carbonyl (C=O) groups excluding carboxylic acids is 1. The lowest BCUT2D eigenvalue weighted by molar-refractivity contribution is -0.162. The molecule has 0 N–H and O–H groups in total. The highest BCUT2D eigenvalue weighted by atomic mass is 32.2. The summed E-state index contributed by atoms with van der Waals surface area (Å²) in [6.45, 7) is -0.122. The van der Waals surface area contributed by atoms with Crippen LogP contribution in [0.2, 0.25) is 0 Å². The summed E-state index contributed by atoms with van der Waals surface area (Å²) in [6, 6.07) is 0. The van der Waals surface area contributed by atoms with Crippen LogP contribution in [-0.2, 0) is 19.4 Å². The monoisotopic (exact) mass is 428 g/mol. The number of hydrogen-bond acceptors (Lipinski definition) is 4. The minimum absolute atomic E-state index is 0.0138. The van der Waals surface area contributed by atoms with Gasteiger partial charge in [0.05, 0.1) is 6.61 Å². The third-order valence-electron chi connectivity index (χ3n) is 6.72. The van der Waals surface area contributed by atoms with E-state index in [1.165, 1.54) is 25.7 Å². The lowest BCUT2D eigenvalue weighted by atomic mass is 9.45. The van der Waals surface area contributed by atoms with E-state index in [1.807, 2.05) is 0 Å². The maximum Gasteiger partial charge on any atom is 0.406 e. The second-order valence-electron chi connectivity index (χ2n) is 9.26. The fraction of sp³-hybridized carbons (Fsp3) is 0.947. The van der Waals surface area contributed by atoms with E-state index in [0.717, 1.165) is 18.8 Å². The molecule has 3 bridgehead atoms. The molecule has 1 spiro atoms. The van der Waals surface area contributed by atoms with Crippen molar-refractivity contribution in [3.8, 4) is 0 Å². The third kappa shape index (κ3) is 4.33. The van der Waals surface area contributed by atoms with Gasteiger partial charge >= 0.3 is 17.1 Å². The normalized spacial score (nSPS) is 32.5. The zero-order valence-electron chi connectivity index (χ0n) is 16.1. The van der Waals surface area contributed by atoms with Crippen molar-refractivity contribution in [1.82, 2.24) is 0 Å². The van der Waals surface area contributed by atoms with Crippen molar-refractivity contribution in [3.63, 3.8) is 0 Å². The Hall–Kier alpha value is -0.860. The summed E-state index contributed by atoms with van der Waals surface area (Å²) >= 11 is 0. The molecule has 4 aliphatic carbocycles. The molecule has 4 saturated carbocycles. The van der Waals surface area contributed by atoms with Crippen molar-refractivity contribution >= 4 is 15.8 Å². The van der Waals surface area contributed by atoms with Crippen LogP contribution in [-0.4, -0.2) is 38.4 Å². The molecule has 9 heteroatoms. The second kappa shape index (κ2) is 7.43. The number of ether oxygens (including phenoxy) is 1. The van der Waals surface area contributed by atoms with Crippen molar-refractivity contribution in [3.05, 3.63) is 0 Å². The molecule has 0 aliphatic heterocycles. The summed E-state index contributed by atoms with van der Waals surface area (Å²) < 4.78 is 80.5.